The van der Waals surface area contributed by atoms with Crippen molar-refractivity contribution in [2.24, 2.45) is 11.3 Å². The van der Waals surface area contributed by atoms with Gasteiger partial charge in [0.15, 0.2) is 0 Å². The molecule has 1 radical (unpaired) electrons. The topological polar surface area (TPSA) is 0 Å². The molecular weight excluding hydrogens is 312 g/mol. The van der Waals surface area contributed by atoms with Gasteiger partial charge in [0.2, 0.25) is 0 Å². The van der Waals surface area contributed by atoms with E-state index in [1.54, 1.807) is 11.1 Å². The Hall–Kier alpha value is 0.389. The molecule has 11 heavy (non-hydrogen) atoms. The quantitative estimate of drug-likeness (QED) is 0.599. The molecule has 1 saturated carbocycles. The largest absolute Gasteiger partial charge is 0.0735 e. The number of allylic oxidation sites excluding steroid dienone is 2. The molecule has 0 N–H and O–H groups in total. The Morgan fingerprint density at radius 1 is 1.36 bits per heavy atom. The van der Waals surface area contributed by atoms with E-state index in [4.69, 9.17) is 0 Å². The molecule has 2 bridgehead atoms. The second kappa shape index (κ2) is 2.71. The van der Waals surface area contributed by atoms with Gasteiger partial charge in [0.05, 0.1) is 0 Å². The fraction of sp³-hybridized carbons (Fsp3) is 0.800. The van der Waals surface area contributed by atoms with Crippen LogP contribution in [0.5, 0.6) is 0 Å². The van der Waals surface area contributed by atoms with E-state index in [2.05, 4.69) is 20.8 Å². The molecule has 0 aromatic heterocycles. The Bertz CT molecular complexity index is 201. The zero-order chi connectivity index (χ0) is 7.35. The van der Waals surface area contributed by atoms with Crippen molar-refractivity contribution in [3.8, 4) is 0 Å². The van der Waals surface area contributed by atoms with Gasteiger partial charge in [-0.15, -0.1) is 0 Å². The predicted octanol–water partition coefficient (Wildman–Crippen LogP) is 3.14. The van der Waals surface area contributed by atoms with E-state index in [9.17, 15) is 0 Å². The fourth-order valence-corrected chi connectivity index (χ4v) is 2.61. The molecule has 0 saturated heterocycles. The first-order chi connectivity index (χ1) is 4.62. The third-order valence-electron chi connectivity index (χ3n) is 3.63. The molecule has 0 nitrogen and oxygen atoms in total. The Kier molecular flexibility index (Phi) is 2.33. The zero-order valence-electron chi connectivity index (χ0n) is 7.53. The molecule has 3 aliphatic rings. The first kappa shape index (κ1) is 9.48. The van der Waals surface area contributed by atoms with Crippen LogP contribution in [0.15, 0.2) is 11.1 Å². The van der Waals surface area contributed by atoms with Crippen LogP contribution in [-0.4, -0.2) is 0 Å². The Labute approximate surface area is 82.8 Å². The van der Waals surface area contributed by atoms with Crippen LogP contribution >= 0.6 is 0 Å². The Balaban J connectivity index is 0.000000605. The number of hydrogen-bond donors (Lipinski definition) is 0. The van der Waals surface area contributed by atoms with Crippen molar-refractivity contribution in [3.63, 3.8) is 0 Å². The van der Waals surface area contributed by atoms with Crippen molar-refractivity contribution in [2.75, 3.05) is 0 Å². The molecule has 3 rings (SSSR count). The van der Waals surface area contributed by atoms with E-state index in [0.29, 0.717) is 5.41 Å². The van der Waals surface area contributed by atoms with Crippen LogP contribution in [0.1, 0.15) is 40.0 Å². The maximum Gasteiger partial charge on any atom is 0 e. The fourth-order valence-electron chi connectivity index (χ4n) is 2.61. The molecule has 65 valence electrons. The molecule has 1 heteroatoms. The maximum absolute atomic E-state index is 2.40. The van der Waals surface area contributed by atoms with Gasteiger partial charge < -0.3 is 0 Å². The second-order valence-electron chi connectivity index (χ2n) is 4.42. The Morgan fingerprint density at radius 2 is 2.00 bits per heavy atom. The first-order valence-corrected chi connectivity index (χ1v) is 4.31. The molecule has 0 aromatic carbocycles. The van der Waals surface area contributed by atoms with Gasteiger partial charge in [-0.05, 0) is 37.5 Å². The summed E-state index contributed by atoms with van der Waals surface area (Å²) in [4.78, 5) is 0. The van der Waals surface area contributed by atoms with Crippen molar-refractivity contribution in [1.29, 1.82) is 0 Å². The van der Waals surface area contributed by atoms with Crippen molar-refractivity contribution in [2.45, 2.75) is 40.0 Å². The predicted molar refractivity (Wildman–Crippen MR) is 43.8 cm³/mol. The third kappa shape index (κ3) is 1.13. The minimum atomic E-state index is 0. The van der Waals surface area contributed by atoms with Crippen molar-refractivity contribution in [3.05, 3.63) is 11.1 Å². The summed E-state index contributed by atoms with van der Waals surface area (Å²) in [7, 11) is 0. The van der Waals surface area contributed by atoms with Gasteiger partial charge in [-0.25, -0.2) is 0 Å². The van der Waals surface area contributed by atoms with Crippen LogP contribution in [-0.2, 0) is 20.1 Å². The standard InChI is InChI=1S/C10H16.Ir/c1-7-4-5-8-6-9(7)10(8,2)3;/h8H,4-6H2,1-3H3;. The van der Waals surface area contributed by atoms with Crippen molar-refractivity contribution >= 4 is 0 Å². The number of rotatable bonds is 0. The maximum atomic E-state index is 2.40. The van der Waals surface area contributed by atoms with E-state index in [0.717, 1.165) is 5.92 Å². The van der Waals surface area contributed by atoms with Crippen LogP contribution in [0.3, 0.4) is 0 Å². The van der Waals surface area contributed by atoms with Gasteiger partial charge in [-0.1, -0.05) is 25.0 Å². The molecule has 0 aromatic rings. The summed E-state index contributed by atoms with van der Waals surface area (Å²) in [5, 5.41) is 0. The van der Waals surface area contributed by atoms with E-state index in [-0.39, 0.29) is 20.1 Å². The van der Waals surface area contributed by atoms with Gasteiger partial charge in [0, 0.05) is 20.1 Å². The van der Waals surface area contributed by atoms with E-state index < -0.39 is 0 Å². The molecule has 1 unspecified atom stereocenters. The summed E-state index contributed by atoms with van der Waals surface area (Å²) < 4.78 is 0. The summed E-state index contributed by atoms with van der Waals surface area (Å²) >= 11 is 0. The molecule has 0 aliphatic heterocycles. The van der Waals surface area contributed by atoms with Crippen LogP contribution in [0.4, 0.5) is 0 Å². The number of hydrogen-bond acceptors (Lipinski definition) is 0. The first-order valence-electron chi connectivity index (χ1n) is 4.31. The van der Waals surface area contributed by atoms with E-state index in [1.165, 1.54) is 19.3 Å². The Morgan fingerprint density at radius 3 is 2.27 bits per heavy atom. The van der Waals surface area contributed by atoms with Gasteiger partial charge in [-0.2, -0.15) is 0 Å². The smallest absolute Gasteiger partial charge is 0 e. The summed E-state index contributed by atoms with van der Waals surface area (Å²) in [5.41, 5.74) is 4.04. The molecule has 0 spiro atoms. The molecule has 1 atom stereocenters. The summed E-state index contributed by atoms with van der Waals surface area (Å²) in [6.45, 7) is 7.12. The number of fused-ring (bicyclic) bond motifs is 2. The van der Waals surface area contributed by atoms with E-state index >= 15 is 0 Å². The van der Waals surface area contributed by atoms with Gasteiger partial charge in [-0.3, -0.25) is 0 Å². The van der Waals surface area contributed by atoms with Gasteiger partial charge >= 0.3 is 0 Å². The molecular formula is C10H16Ir. The molecule has 0 heterocycles. The average Bonchev–Trinajstić information content (AvgIpc) is 1.87. The second-order valence-corrected chi connectivity index (χ2v) is 4.42. The van der Waals surface area contributed by atoms with Gasteiger partial charge in [0.25, 0.3) is 0 Å². The minimum Gasteiger partial charge on any atom is -0.0735 e. The van der Waals surface area contributed by atoms with Crippen LogP contribution in [0.25, 0.3) is 0 Å². The zero-order valence-corrected chi connectivity index (χ0v) is 9.93. The molecule has 1 fully saturated rings. The normalized spacial score (nSPS) is 32.5. The van der Waals surface area contributed by atoms with Crippen molar-refractivity contribution in [1.82, 2.24) is 0 Å². The summed E-state index contributed by atoms with van der Waals surface area (Å²) in [5.74, 6) is 1.02. The van der Waals surface area contributed by atoms with Crippen LogP contribution < -0.4 is 0 Å². The van der Waals surface area contributed by atoms with Crippen LogP contribution in [0, 0.1) is 11.3 Å². The molecule has 3 aliphatic carbocycles. The summed E-state index contributed by atoms with van der Waals surface area (Å²) in [6.07, 6.45) is 4.24. The van der Waals surface area contributed by atoms with Crippen molar-refractivity contribution < 1.29 is 20.1 Å². The minimum absolute atomic E-state index is 0. The van der Waals surface area contributed by atoms with E-state index in [1.807, 2.05) is 0 Å². The van der Waals surface area contributed by atoms with Crippen LogP contribution in [0.2, 0.25) is 0 Å². The average molecular weight is 328 g/mol. The summed E-state index contributed by atoms with van der Waals surface area (Å²) in [6, 6.07) is 0. The SMILES string of the molecule is CC1=C2CC(CC1)C2(C)C.[Ir]. The molecule has 0 amide bonds. The monoisotopic (exact) mass is 329 g/mol. The third-order valence-corrected chi connectivity index (χ3v) is 3.63. The van der Waals surface area contributed by atoms with Gasteiger partial charge in [0.1, 0.15) is 0 Å².